The zero-order valence-electron chi connectivity index (χ0n) is 8.38. The largest absolute Gasteiger partial charge is 0.406 e. The van der Waals surface area contributed by atoms with E-state index in [0.717, 1.165) is 6.42 Å². The fourth-order valence-electron chi connectivity index (χ4n) is 1.24. The molecule has 0 aliphatic carbocycles. The van der Waals surface area contributed by atoms with Crippen LogP contribution in [0.3, 0.4) is 0 Å². The van der Waals surface area contributed by atoms with Crippen LogP contribution in [0, 0.1) is 0 Å². The van der Waals surface area contributed by atoms with E-state index in [4.69, 9.17) is 4.74 Å². The lowest BCUT2D eigenvalue weighted by Gasteiger charge is -1.96. The van der Waals surface area contributed by atoms with Crippen molar-refractivity contribution in [2.75, 3.05) is 0 Å². The molecule has 0 saturated heterocycles. The molecular weight excluding hydrogens is 194 g/mol. The fourth-order valence-corrected chi connectivity index (χ4v) is 1.24. The van der Waals surface area contributed by atoms with Gasteiger partial charge < -0.3 is 9.14 Å². The zero-order valence-corrected chi connectivity index (χ0v) is 8.38. The van der Waals surface area contributed by atoms with E-state index in [1.807, 2.05) is 6.92 Å². The van der Waals surface area contributed by atoms with Gasteiger partial charge in [0.2, 0.25) is 5.88 Å². The Kier molecular flexibility index (Phi) is 2.62. The van der Waals surface area contributed by atoms with Crippen LogP contribution in [-0.2, 0) is 4.79 Å². The van der Waals surface area contributed by atoms with E-state index in [-0.39, 0.29) is 5.97 Å². The number of nitrogens with zero attached hydrogens (tertiary/aromatic N) is 3. The third-order valence-corrected chi connectivity index (χ3v) is 1.91. The number of ether oxygens (including phenoxy) is 1. The summed E-state index contributed by atoms with van der Waals surface area (Å²) in [6, 6.07) is 0. The Bertz CT molecular complexity index is 445. The lowest BCUT2D eigenvalue weighted by molar-refractivity contribution is -0.134. The zero-order chi connectivity index (χ0) is 10.7. The standard InChI is InChI=1S/C10H11N3O2/c1-2-3-10(14)15-9-7-13-5-4-11-6-8(13)12-9/h4-7H,2-3H2,1H3. The van der Waals surface area contributed by atoms with Crippen LogP contribution in [0.4, 0.5) is 0 Å². The van der Waals surface area contributed by atoms with Gasteiger partial charge in [0.25, 0.3) is 0 Å². The minimum atomic E-state index is -0.256. The SMILES string of the molecule is CCCC(=O)Oc1cn2ccncc2n1. The van der Waals surface area contributed by atoms with Crippen LogP contribution in [0.15, 0.2) is 24.8 Å². The predicted molar refractivity (Wildman–Crippen MR) is 53.5 cm³/mol. The van der Waals surface area contributed by atoms with Gasteiger partial charge in [0.05, 0.1) is 12.4 Å². The highest BCUT2D eigenvalue weighted by Crippen LogP contribution is 2.11. The van der Waals surface area contributed by atoms with Crippen molar-refractivity contribution < 1.29 is 9.53 Å². The maximum Gasteiger partial charge on any atom is 0.312 e. The molecule has 0 aliphatic rings. The topological polar surface area (TPSA) is 56.5 Å². The van der Waals surface area contributed by atoms with E-state index >= 15 is 0 Å². The van der Waals surface area contributed by atoms with Gasteiger partial charge in [-0.15, -0.1) is 0 Å². The van der Waals surface area contributed by atoms with Gasteiger partial charge in [0, 0.05) is 18.8 Å². The Balaban J connectivity index is 2.18. The molecule has 78 valence electrons. The van der Waals surface area contributed by atoms with Crippen molar-refractivity contribution in [3.05, 3.63) is 24.8 Å². The molecular formula is C10H11N3O2. The third kappa shape index (κ3) is 2.12. The molecule has 0 amide bonds. The molecule has 5 nitrogen and oxygen atoms in total. The maximum absolute atomic E-state index is 11.2. The van der Waals surface area contributed by atoms with Crippen molar-refractivity contribution in [2.24, 2.45) is 0 Å². The molecule has 0 unspecified atom stereocenters. The van der Waals surface area contributed by atoms with Crippen LogP contribution in [0.25, 0.3) is 5.65 Å². The fraction of sp³-hybridized carbons (Fsp3) is 0.300. The smallest absolute Gasteiger partial charge is 0.312 e. The maximum atomic E-state index is 11.2. The average molecular weight is 205 g/mol. The van der Waals surface area contributed by atoms with Crippen LogP contribution < -0.4 is 4.74 Å². The first-order chi connectivity index (χ1) is 7.29. The second kappa shape index (κ2) is 4.08. The number of carbonyl (C=O) groups excluding carboxylic acids is 1. The third-order valence-electron chi connectivity index (χ3n) is 1.91. The molecule has 0 fully saturated rings. The second-order valence-corrected chi connectivity index (χ2v) is 3.14. The summed E-state index contributed by atoms with van der Waals surface area (Å²) in [5.74, 6) is 0.0651. The molecule has 2 heterocycles. The lowest BCUT2D eigenvalue weighted by atomic mass is 10.3. The predicted octanol–water partition coefficient (Wildman–Crippen LogP) is 1.43. The minimum absolute atomic E-state index is 0.256. The Morgan fingerprint density at radius 1 is 1.60 bits per heavy atom. The second-order valence-electron chi connectivity index (χ2n) is 3.14. The molecule has 0 aliphatic heterocycles. The van der Waals surface area contributed by atoms with Gasteiger partial charge in [-0.25, -0.2) is 0 Å². The molecule has 2 aromatic rings. The van der Waals surface area contributed by atoms with Gasteiger partial charge in [-0.05, 0) is 6.42 Å². The number of imidazole rings is 1. The molecule has 5 heteroatoms. The number of hydrogen-bond acceptors (Lipinski definition) is 4. The number of esters is 1. The van der Waals surface area contributed by atoms with Gasteiger partial charge in [-0.2, -0.15) is 4.98 Å². The highest BCUT2D eigenvalue weighted by Gasteiger charge is 2.07. The van der Waals surface area contributed by atoms with Crippen molar-refractivity contribution in [1.82, 2.24) is 14.4 Å². The monoisotopic (exact) mass is 205 g/mol. The highest BCUT2D eigenvalue weighted by atomic mass is 16.5. The molecule has 0 atom stereocenters. The quantitative estimate of drug-likeness (QED) is 0.711. The molecule has 0 bridgehead atoms. The molecule has 0 radical (unpaired) electrons. The first-order valence-corrected chi connectivity index (χ1v) is 4.79. The highest BCUT2D eigenvalue weighted by molar-refractivity contribution is 5.71. The Labute approximate surface area is 86.7 Å². The summed E-state index contributed by atoms with van der Waals surface area (Å²) < 4.78 is 6.79. The summed E-state index contributed by atoms with van der Waals surface area (Å²) in [7, 11) is 0. The summed E-state index contributed by atoms with van der Waals surface area (Å²) in [5.41, 5.74) is 0.664. The van der Waals surface area contributed by atoms with Crippen LogP contribution in [0.1, 0.15) is 19.8 Å². The molecule has 0 saturated carbocycles. The molecule has 0 N–H and O–H groups in total. The van der Waals surface area contributed by atoms with Gasteiger partial charge in [-0.1, -0.05) is 6.92 Å². The Morgan fingerprint density at radius 2 is 2.47 bits per heavy atom. The Hall–Kier alpha value is -1.91. The van der Waals surface area contributed by atoms with E-state index in [1.54, 1.807) is 29.2 Å². The van der Waals surface area contributed by atoms with E-state index in [1.165, 1.54) is 0 Å². The van der Waals surface area contributed by atoms with Crippen molar-refractivity contribution in [2.45, 2.75) is 19.8 Å². The number of rotatable bonds is 3. The van der Waals surface area contributed by atoms with E-state index in [9.17, 15) is 4.79 Å². The minimum Gasteiger partial charge on any atom is -0.406 e. The van der Waals surface area contributed by atoms with E-state index < -0.39 is 0 Å². The van der Waals surface area contributed by atoms with Crippen molar-refractivity contribution in [3.8, 4) is 5.88 Å². The van der Waals surface area contributed by atoms with Crippen molar-refractivity contribution >= 4 is 11.6 Å². The number of carbonyl (C=O) groups is 1. The molecule has 2 aromatic heterocycles. The summed E-state index contributed by atoms with van der Waals surface area (Å²) in [5, 5.41) is 0. The Morgan fingerprint density at radius 3 is 3.20 bits per heavy atom. The number of aromatic nitrogens is 3. The summed E-state index contributed by atoms with van der Waals surface area (Å²) in [6.07, 6.45) is 7.84. The summed E-state index contributed by atoms with van der Waals surface area (Å²) >= 11 is 0. The lowest BCUT2D eigenvalue weighted by Crippen LogP contribution is -2.06. The van der Waals surface area contributed by atoms with Crippen LogP contribution in [-0.4, -0.2) is 20.3 Å². The van der Waals surface area contributed by atoms with Crippen LogP contribution >= 0.6 is 0 Å². The number of hydrogen-bond donors (Lipinski definition) is 0. The first kappa shape index (κ1) is 9.64. The summed E-state index contributed by atoms with van der Waals surface area (Å²) in [6.45, 7) is 1.93. The average Bonchev–Trinajstić information content (AvgIpc) is 2.59. The van der Waals surface area contributed by atoms with Gasteiger partial charge in [0.1, 0.15) is 0 Å². The molecule has 2 rings (SSSR count). The van der Waals surface area contributed by atoms with Crippen molar-refractivity contribution in [3.63, 3.8) is 0 Å². The molecule has 15 heavy (non-hydrogen) atoms. The molecule has 0 spiro atoms. The number of fused-ring (bicyclic) bond motifs is 1. The van der Waals surface area contributed by atoms with Crippen LogP contribution in [0.5, 0.6) is 5.88 Å². The van der Waals surface area contributed by atoms with Gasteiger partial charge in [-0.3, -0.25) is 9.78 Å². The molecule has 0 aromatic carbocycles. The van der Waals surface area contributed by atoms with Gasteiger partial charge >= 0.3 is 5.97 Å². The van der Waals surface area contributed by atoms with Gasteiger partial charge in [0.15, 0.2) is 5.65 Å². The van der Waals surface area contributed by atoms with Crippen molar-refractivity contribution in [1.29, 1.82) is 0 Å². The normalized spacial score (nSPS) is 10.5. The van der Waals surface area contributed by atoms with E-state index in [0.29, 0.717) is 17.9 Å². The van der Waals surface area contributed by atoms with Crippen LogP contribution in [0.2, 0.25) is 0 Å². The van der Waals surface area contributed by atoms with E-state index in [2.05, 4.69) is 9.97 Å². The summed E-state index contributed by atoms with van der Waals surface area (Å²) in [4.78, 5) is 19.2. The first-order valence-electron chi connectivity index (χ1n) is 4.79.